The van der Waals surface area contributed by atoms with E-state index in [1.807, 2.05) is 0 Å². The molecule has 1 atom stereocenters. The summed E-state index contributed by atoms with van der Waals surface area (Å²) >= 11 is 11.2. The number of hydrogen-bond acceptors (Lipinski definition) is 7. The summed E-state index contributed by atoms with van der Waals surface area (Å²) in [5, 5.41) is 0.417. The number of carbonyl (C=O) groups is 1. The second-order valence-electron chi connectivity index (χ2n) is 7.84. The second kappa shape index (κ2) is 11.4. The van der Waals surface area contributed by atoms with Gasteiger partial charge in [0.25, 0.3) is 5.56 Å². The first-order valence-electron chi connectivity index (χ1n) is 11.2. The van der Waals surface area contributed by atoms with Gasteiger partial charge in [0.2, 0.25) is 0 Å². The lowest BCUT2D eigenvalue weighted by Crippen LogP contribution is -2.40. The summed E-state index contributed by atoms with van der Waals surface area (Å²) in [4.78, 5) is 31.9. The van der Waals surface area contributed by atoms with E-state index in [2.05, 4.69) is 26.8 Å². The van der Waals surface area contributed by atoms with Gasteiger partial charge in [-0.1, -0.05) is 63.0 Å². The minimum atomic E-state index is -0.805. The molecule has 0 amide bonds. The minimum Gasteiger partial charge on any atom is -0.493 e. The van der Waals surface area contributed by atoms with E-state index in [0.717, 1.165) is 4.47 Å². The van der Waals surface area contributed by atoms with Gasteiger partial charge in [-0.15, -0.1) is 6.42 Å². The van der Waals surface area contributed by atoms with E-state index in [0.29, 0.717) is 42.7 Å². The Balaban J connectivity index is 1.99. The van der Waals surface area contributed by atoms with E-state index in [9.17, 15) is 9.59 Å². The third kappa shape index (κ3) is 5.23. The number of halogens is 2. The molecule has 37 heavy (non-hydrogen) atoms. The highest BCUT2D eigenvalue weighted by molar-refractivity contribution is 9.10. The number of allylic oxidation sites excluding steroid dienone is 1. The number of aromatic nitrogens is 1. The Morgan fingerprint density at radius 2 is 2.11 bits per heavy atom. The number of hydrogen-bond donors (Lipinski definition) is 0. The first kappa shape index (κ1) is 26.7. The Morgan fingerprint density at radius 1 is 1.35 bits per heavy atom. The van der Waals surface area contributed by atoms with Crippen LogP contribution < -0.4 is 24.4 Å². The van der Waals surface area contributed by atoms with Crippen molar-refractivity contribution in [1.29, 1.82) is 0 Å². The number of fused-ring (bicyclic) bond motifs is 1. The van der Waals surface area contributed by atoms with E-state index < -0.39 is 12.0 Å². The van der Waals surface area contributed by atoms with Gasteiger partial charge in [0.15, 0.2) is 16.3 Å². The number of benzene rings is 2. The highest BCUT2D eigenvalue weighted by Gasteiger charge is 2.34. The standard InChI is InChI=1S/C27H22BrClN2O5S/c1-5-11-36-24-16(12-17(28)14-20(24)34-4)13-21-25(32)31-23(18-9-7-8-10-19(18)29)22(26(33)35-6-2)15(3)30-27(31)37-21/h1,7-10,12-14,23H,6,11H2,2-4H3. The fraction of sp³-hybridized carbons (Fsp3) is 0.222. The van der Waals surface area contributed by atoms with Crippen molar-refractivity contribution in [3.05, 3.63) is 88.0 Å². The Morgan fingerprint density at radius 3 is 2.78 bits per heavy atom. The SMILES string of the molecule is C#CCOc1c(C=c2sc3n(c2=O)C(c2ccccc2Cl)C(C(=O)OCC)=C(C)N=3)cc(Br)cc1OC. The lowest BCUT2D eigenvalue weighted by molar-refractivity contribution is -0.139. The molecule has 0 spiro atoms. The number of rotatable bonds is 7. The first-order chi connectivity index (χ1) is 17.8. The third-order valence-electron chi connectivity index (χ3n) is 5.57. The van der Waals surface area contributed by atoms with Crippen LogP contribution in [0.4, 0.5) is 0 Å². The molecule has 0 fully saturated rings. The van der Waals surface area contributed by atoms with Crippen LogP contribution in [0, 0.1) is 12.3 Å². The highest BCUT2D eigenvalue weighted by atomic mass is 79.9. The third-order valence-corrected chi connectivity index (χ3v) is 7.36. The zero-order valence-electron chi connectivity index (χ0n) is 20.2. The molecule has 4 rings (SSSR count). The van der Waals surface area contributed by atoms with Crippen LogP contribution in [0.1, 0.15) is 31.0 Å². The quantitative estimate of drug-likeness (QED) is 0.299. The van der Waals surface area contributed by atoms with Crippen molar-refractivity contribution >= 4 is 50.9 Å². The van der Waals surface area contributed by atoms with E-state index in [1.165, 1.54) is 23.0 Å². The molecular formula is C27H22BrClN2O5S. The van der Waals surface area contributed by atoms with Crippen LogP contribution in [0.2, 0.25) is 5.02 Å². The fourth-order valence-corrected chi connectivity index (χ4v) is 5.77. The van der Waals surface area contributed by atoms with Gasteiger partial charge in [0, 0.05) is 15.1 Å². The lowest BCUT2D eigenvalue weighted by Gasteiger charge is -2.25. The summed E-state index contributed by atoms with van der Waals surface area (Å²) < 4.78 is 19.1. The maximum Gasteiger partial charge on any atom is 0.338 e. The predicted molar refractivity (Wildman–Crippen MR) is 147 cm³/mol. The summed E-state index contributed by atoms with van der Waals surface area (Å²) in [6.45, 7) is 3.65. The zero-order chi connectivity index (χ0) is 26.7. The zero-order valence-corrected chi connectivity index (χ0v) is 23.4. The molecule has 190 valence electrons. The van der Waals surface area contributed by atoms with Gasteiger partial charge in [0.05, 0.1) is 29.5 Å². The van der Waals surface area contributed by atoms with Gasteiger partial charge in [-0.25, -0.2) is 9.79 Å². The summed E-state index contributed by atoms with van der Waals surface area (Å²) in [6.07, 6.45) is 7.08. The molecule has 0 saturated carbocycles. The van der Waals surface area contributed by atoms with Crippen LogP contribution in [0.15, 0.2) is 61.9 Å². The summed E-state index contributed by atoms with van der Waals surface area (Å²) in [7, 11) is 1.52. The van der Waals surface area contributed by atoms with Gasteiger partial charge in [0.1, 0.15) is 12.6 Å². The Labute approximate surface area is 230 Å². The number of esters is 1. The van der Waals surface area contributed by atoms with Gasteiger partial charge >= 0.3 is 5.97 Å². The maximum atomic E-state index is 13.9. The normalized spacial score (nSPS) is 15.0. The molecule has 3 aromatic rings. The molecule has 1 aromatic heterocycles. The molecule has 0 aliphatic carbocycles. The molecular weight excluding hydrogens is 580 g/mol. The van der Waals surface area contributed by atoms with Gasteiger partial charge < -0.3 is 14.2 Å². The van der Waals surface area contributed by atoms with E-state index in [-0.39, 0.29) is 24.3 Å². The van der Waals surface area contributed by atoms with Crippen LogP contribution in [0.25, 0.3) is 6.08 Å². The van der Waals surface area contributed by atoms with Crippen molar-refractivity contribution in [2.45, 2.75) is 19.9 Å². The van der Waals surface area contributed by atoms with Crippen molar-refractivity contribution < 1.29 is 19.0 Å². The molecule has 1 aliphatic rings. The van der Waals surface area contributed by atoms with Crippen LogP contribution in [-0.4, -0.2) is 30.9 Å². The molecule has 1 aliphatic heterocycles. The van der Waals surface area contributed by atoms with Crippen LogP contribution in [0.3, 0.4) is 0 Å². The fourth-order valence-electron chi connectivity index (χ4n) is 4.04. The summed E-state index contributed by atoms with van der Waals surface area (Å²) in [5.41, 5.74) is 1.55. The molecule has 0 N–H and O–H groups in total. The van der Waals surface area contributed by atoms with Crippen LogP contribution in [-0.2, 0) is 9.53 Å². The second-order valence-corrected chi connectivity index (χ2v) is 10.2. The molecule has 7 nitrogen and oxygen atoms in total. The predicted octanol–water partition coefficient (Wildman–Crippen LogP) is 4.23. The number of methoxy groups -OCH3 is 1. The van der Waals surface area contributed by atoms with E-state index >= 15 is 0 Å². The van der Waals surface area contributed by atoms with E-state index in [4.69, 9.17) is 32.2 Å². The Kier molecular flexibility index (Phi) is 8.22. The van der Waals surface area contributed by atoms with Crippen LogP contribution in [0.5, 0.6) is 11.5 Å². The lowest BCUT2D eigenvalue weighted by atomic mass is 9.96. The summed E-state index contributed by atoms with van der Waals surface area (Å²) in [5.74, 6) is 2.75. The van der Waals surface area contributed by atoms with Gasteiger partial charge in [-0.05, 0) is 43.7 Å². The number of ether oxygens (including phenoxy) is 3. The largest absolute Gasteiger partial charge is 0.493 e. The van der Waals surface area contributed by atoms with Crippen molar-refractivity contribution in [2.24, 2.45) is 4.99 Å². The number of thiazole rings is 1. The molecule has 2 aromatic carbocycles. The molecule has 0 saturated heterocycles. The minimum absolute atomic E-state index is 0.0225. The number of terminal acetylenes is 1. The average molecular weight is 602 g/mol. The smallest absolute Gasteiger partial charge is 0.338 e. The number of carbonyl (C=O) groups excluding carboxylic acids is 1. The topological polar surface area (TPSA) is 79.1 Å². The Hall–Kier alpha value is -3.32. The van der Waals surface area contributed by atoms with Gasteiger partial charge in [-0.3, -0.25) is 9.36 Å². The van der Waals surface area contributed by atoms with E-state index in [1.54, 1.807) is 56.3 Å². The summed E-state index contributed by atoms with van der Waals surface area (Å²) in [6, 6.07) is 9.83. The average Bonchev–Trinajstić information content (AvgIpc) is 3.17. The number of nitrogens with zero attached hydrogens (tertiary/aromatic N) is 2. The van der Waals surface area contributed by atoms with Crippen molar-refractivity contribution in [3.8, 4) is 23.8 Å². The first-order valence-corrected chi connectivity index (χ1v) is 13.2. The van der Waals surface area contributed by atoms with Crippen molar-refractivity contribution in [1.82, 2.24) is 4.57 Å². The molecule has 1 unspecified atom stereocenters. The monoisotopic (exact) mass is 600 g/mol. The molecule has 2 heterocycles. The van der Waals surface area contributed by atoms with Crippen molar-refractivity contribution in [3.63, 3.8) is 0 Å². The maximum absolute atomic E-state index is 13.9. The molecule has 10 heteroatoms. The van der Waals surface area contributed by atoms with Gasteiger partial charge in [-0.2, -0.15) is 0 Å². The van der Waals surface area contributed by atoms with Crippen molar-refractivity contribution in [2.75, 3.05) is 20.3 Å². The molecule has 0 radical (unpaired) electrons. The molecule has 0 bridgehead atoms. The highest BCUT2D eigenvalue weighted by Crippen LogP contribution is 2.36. The Bertz CT molecular complexity index is 1630. The van der Waals surface area contributed by atoms with Crippen LogP contribution >= 0.6 is 38.9 Å².